The number of nitrogens with zero attached hydrogens (tertiary/aromatic N) is 9. The van der Waals surface area contributed by atoms with Crippen molar-refractivity contribution in [3.8, 4) is 23.5 Å². The number of halogens is 2. The molecule has 0 aliphatic rings. The van der Waals surface area contributed by atoms with Gasteiger partial charge in [0.25, 0.3) is 0 Å². The molecule has 7 rings (SSSR count). The van der Waals surface area contributed by atoms with Gasteiger partial charge in [-0.05, 0) is 97.8 Å². The van der Waals surface area contributed by atoms with Crippen molar-refractivity contribution in [2.45, 2.75) is 40.0 Å². The van der Waals surface area contributed by atoms with Crippen molar-refractivity contribution in [1.29, 1.82) is 5.26 Å². The minimum absolute atomic E-state index is 0.130. The first kappa shape index (κ1) is 39.7. The topological polar surface area (TPSA) is 177 Å². The van der Waals surface area contributed by atoms with Crippen molar-refractivity contribution in [2.75, 3.05) is 5.32 Å². The monoisotopic (exact) mass is 804 g/mol. The van der Waals surface area contributed by atoms with Crippen LogP contribution < -0.4 is 32.8 Å². The predicted molar refractivity (Wildman–Crippen MR) is 216 cm³/mol. The fourth-order valence-corrected chi connectivity index (χ4v) is 5.83. The van der Waals surface area contributed by atoms with Crippen LogP contribution in [0.2, 0.25) is 10.0 Å². The first-order valence-corrected chi connectivity index (χ1v) is 18.3. The Kier molecular flexibility index (Phi) is 12.6. The average molecular weight is 806 g/mol. The van der Waals surface area contributed by atoms with E-state index in [1.165, 1.54) is 13.8 Å². The number of rotatable bonds is 11. The Bertz CT molecular complexity index is 2770. The predicted octanol–water partition coefficient (Wildman–Crippen LogP) is 5.85. The number of nitrogens with one attached hydrogen (secondary N) is 1. The third kappa shape index (κ3) is 9.62. The van der Waals surface area contributed by atoms with Crippen LogP contribution in [0.5, 0.6) is 11.5 Å². The summed E-state index contributed by atoms with van der Waals surface area (Å²) in [5.41, 5.74) is 0.722. The third-order valence-electron chi connectivity index (χ3n) is 8.44. The van der Waals surface area contributed by atoms with Crippen LogP contribution in [-0.4, -0.2) is 38.0 Å². The summed E-state index contributed by atoms with van der Waals surface area (Å²) in [6.07, 6.45) is 3.19. The molecule has 0 aliphatic heterocycles. The van der Waals surface area contributed by atoms with Gasteiger partial charge in [-0.1, -0.05) is 53.5 Å². The molecule has 4 aromatic carbocycles. The van der Waals surface area contributed by atoms with Crippen LogP contribution in [0.4, 0.5) is 11.6 Å². The molecule has 0 fully saturated rings. The summed E-state index contributed by atoms with van der Waals surface area (Å²) < 4.78 is 12.2. The molecule has 3 aromatic heterocycles. The molecule has 57 heavy (non-hydrogen) atoms. The van der Waals surface area contributed by atoms with E-state index in [0.717, 1.165) is 20.3 Å². The molecule has 15 nitrogen and oxygen atoms in total. The highest BCUT2D eigenvalue weighted by atomic mass is 35.5. The zero-order valence-electron chi connectivity index (χ0n) is 30.6. The van der Waals surface area contributed by atoms with Gasteiger partial charge in [0, 0.05) is 41.2 Å². The summed E-state index contributed by atoms with van der Waals surface area (Å²) in [5, 5.41) is 17.4. The maximum absolute atomic E-state index is 13.0. The Labute approximate surface area is 334 Å². The van der Waals surface area contributed by atoms with Crippen LogP contribution in [0.1, 0.15) is 30.5 Å². The van der Waals surface area contributed by atoms with Crippen LogP contribution in [0.15, 0.2) is 135 Å². The maximum Gasteiger partial charge on any atom is 0.354 e. The number of hydrogen-bond donors (Lipinski definition) is 1. The molecule has 288 valence electrons. The van der Waals surface area contributed by atoms with Gasteiger partial charge in [0.2, 0.25) is 11.9 Å². The first-order valence-electron chi connectivity index (χ1n) is 17.5. The smallest absolute Gasteiger partial charge is 0.354 e. The van der Waals surface area contributed by atoms with Crippen molar-refractivity contribution >= 4 is 34.8 Å². The molecule has 0 radical (unpaired) electrons. The van der Waals surface area contributed by atoms with Crippen LogP contribution >= 0.6 is 23.2 Å². The summed E-state index contributed by atoms with van der Waals surface area (Å²) in [7, 11) is 0. The van der Waals surface area contributed by atoms with E-state index in [1.54, 1.807) is 105 Å². The van der Waals surface area contributed by atoms with Gasteiger partial charge in [-0.3, -0.25) is 9.13 Å². The SMILES string of the molecule is CCn1c(=O)nc(-n2cccn2)n(Cc2ccc(Cl)cc2)c1=O.CCn1c(=O)nc(Nc2ccc(Oc3cccc(C#N)c3)cc2)n(Cc2ccc(Cl)cc2)c1=O. The fraction of sp³-hybridized carbons (Fsp3) is 0.150. The van der Waals surface area contributed by atoms with Gasteiger partial charge in [-0.15, -0.1) is 0 Å². The summed E-state index contributed by atoms with van der Waals surface area (Å²) in [6.45, 7) is 4.38. The molecule has 0 spiro atoms. The lowest BCUT2D eigenvalue weighted by Gasteiger charge is -2.15. The molecule has 3 heterocycles. The Hall–Kier alpha value is -7.02. The molecule has 7 aromatic rings. The van der Waals surface area contributed by atoms with E-state index in [0.29, 0.717) is 32.8 Å². The van der Waals surface area contributed by atoms with Gasteiger partial charge < -0.3 is 10.1 Å². The second-order valence-electron chi connectivity index (χ2n) is 12.2. The van der Waals surface area contributed by atoms with Crippen molar-refractivity contribution < 1.29 is 4.74 Å². The van der Waals surface area contributed by atoms with E-state index >= 15 is 0 Å². The van der Waals surface area contributed by atoms with Gasteiger partial charge in [-0.25, -0.2) is 33.0 Å². The van der Waals surface area contributed by atoms with Gasteiger partial charge in [0.1, 0.15) is 11.5 Å². The highest BCUT2D eigenvalue weighted by molar-refractivity contribution is 6.30. The molecule has 0 atom stereocenters. The van der Waals surface area contributed by atoms with Crippen LogP contribution in [0.25, 0.3) is 5.95 Å². The van der Waals surface area contributed by atoms with E-state index in [2.05, 4.69) is 26.5 Å². The number of anilines is 2. The van der Waals surface area contributed by atoms with Gasteiger partial charge in [-0.2, -0.15) is 20.3 Å². The third-order valence-corrected chi connectivity index (χ3v) is 8.94. The fourth-order valence-electron chi connectivity index (χ4n) is 5.57. The quantitative estimate of drug-likeness (QED) is 0.167. The molecule has 0 aliphatic carbocycles. The normalized spacial score (nSPS) is 10.6. The summed E-state index contributed by atoms with van der Waals surface area (Å²) in [6, 6.07) is 31.8. The van der Waals surface area contributed by atoms with Crippen LogP contribution in [0.3, 0.4) is 0 Å². The maximum atomic E-state index is 13.0. The molecule has 0 bridgehead atoms. The Morgan fingerprint density at radius 2 is 1.26 bits per heavy atom. The second-order valence-corrected chi connectivity index (χ2v) is 13.1. The number of ether oxygens (including phenoxy) is 1. The zero-order chi connectivity index (χ0) is 40.5. The minimum atomic E-state index is -0.625. The molecular weight excluding hydrogens is 771 g/mol. The molecule has 0 amide bonds. The van der Waals surface area contributed by atoms with E-state index in [9.17, 15) is 19.2 Å². The van der Waals surface area contributed by atoms with E-state index in [4.69, 9.17) is 33.2 Å². The van der Waals surface area contributed by atoms with Gasteiger partial charge in [0.15, 0.2) is 0 Å². The number of hydrogen-bond acceptors (Lipinski definition) is 10. The Morgan fingerprint density at radius 3 is 1.82 bits per heavy atom. The Morgan fingerprint density at radius 1 is 0.684 bits per heavy atom. The first-order chi connectivity index (χ1) is 27.6. The molecule has 0 saturated heterocycles. The molecule has 1 N–H and O–H groups in total. The Balaban J connectivity index is 0.000000208. The van der Waals surface area contributed by atoms with Crippen LogP contribution in [-0.2, 0) is 26.2 Å². The lowest BCUT2D eigenvalue weighted by atomic mass is 10.2. The van der Waals surface area contributed by atoms with E-state index in [-0.39, 0.29) is 38.1 Å². The summed E-state index contributed by atoms with van der Waals surface area (Å²) in [5.74, 6) is 1.42. The molecular formula is C40H34Cl2N10O5. The zero-order valence-corrected chi connectivity index (χ0v) is 32.1. The summed E-state index contributed by atoms with van der Waals surface area (Å²) >= 11 is 11.9. The number of benzene rings is 4. The number of aromatic nitrogens is 8. The average Bonchev–Trinajstić information content (AvgIpc) is 3.75. The van der Waals surface area contributed by atoms with Crippen molar-refractivity contribution in [3.63, 3.8) is 0 Å². The number of nitriles is 1. The highest BCUT2D eigenvalue weighted by Crippen LogP contribution is 2.25. The minimum Gasteiger partial charge on any atom is -0.457 e. The van der Waals surface area contributed by atoms with Crippen molar-refractivity contribution in [3.05, 3.63) is 184 Å². The highest BCUT2D eigenvalue weighted by Gasteiger charge is 2.16. The molecule has 0 saturated carbocycles. The van der Waals surface area contributed by atoms with Crippen molar-refractivity contribution in [1.82, 2.24) is 38.0 Å². The largest absolute Gasteiger partial charge is 0.457 e. The van der Waals surface area contributed by atoms with Gasteiger partial charge in [0.05, 0.1) is 24.7 Å². The lowest BCUT2D eigenvalue weighted by Crippen LogP contribution is -2.43. The van der Waals surface area contributed by atoms with Crippen LogP contribution in [0, 0.1) is 11.3 Å². The molecule has 17 heteroatoms. The van der Waals surface area contributed by atoms with Crippen molar-refractivity contribution in [2.24, 2.45) is 0 Å². The standard InChI is InChI=1S/C25H20ClN5O3.C15H14ClN5O2/c1-2-30-24(32)29-23(31(25(30)33)16-17-6-8-19(26)9-7-17)28-20-10-12-21(13-11-20)34-22-5-3-4-18(14-22)15-27;1-2-19-14(22)18-13(21-9-3-8-17-21)20(15(19)23)10-11-4-6-12(16)7-5-11/h3-14H,2,16H2,1H3,(H,28,29,32);3-9H,2,10H2,1H3. The lowest BCUT2D eigenvalue weighted by molar-refractivity contribution is 0.482. The summed E-state index contributed by atoms with van der Waals surface area (Å²) in [4.78, 5) is 58.1. The second kappa shape index (κ2) is 18.1. The van der Waals surface area contributed by atoms with Gasteiger partial charge >= 0.3 is 22.8 Å². The van der Waals surface area contributed by atoms with E-state index < -0.39 is 22.8 Å². The molecule has 0 unspecified atom stereocenters. The van der Waals surface area contributed by atoms with E-state index in [1.807, 2.05) is 24.3 Å².